The average Bonchev–Trinajstić information content (AvgIpc) is 2.84. The van der Waals surface area contributed by atoms with Crippen molar-refractivity contribution in [3.63, 3.8) is 0 Å². The highest BCUT2D eigenvalue weighted by Crippen LogP contribution is 2.11. The fraction of sp³-hybridized carbons (Fsp3) is 0.269. The zero-order valence-corrected chi connectivity index (χ0v) is 20.0. The van der Waals surface area contributed by atoms with E-state index >= 15 is 0 Å². The number of benzene rings is 2. The SMILES string of the molecule is C[S@@](=O)CC1CN(C(=O)c2cncc(N)c2)CCN1.N#Cc1cccc(Cc2ccccc2)c1. The summed E-state index contributed by atoms with van der Waals surface area (Å²) < 4.78 is 11.2. The number of nitrogens with one attached hydrogen (secondary N) is 1. The Bertz CT molecular complexity index is 1160. The number of hydrogen-bond acceptors (Lipinski definition) is 6. The third-order valence-corrected chi connectivity index (χ3v) is 6.16. The highest BCUT2D eigenvalue weighted by atomic mass is 32.2. The quantitative estimate of drug-likeness (QED) is 0.587. The van der Waals surface area contributed by atoms with Gasteiger partial charge in [0.15, 0.2) is 0 Å². The third kappa shape index (κ3) is 7.80. The van der Waals surface area contributed by atoms with E-state index < -0.39 is 10.8 Å². The minimum Gasteiger partial charge on any atom is -0.397 e. The maximum Gasteiger partial charge on any atom is 0.255 e. The molecule has 0 aliphatic carbocycles. The molecule has 2 heterocycles. The molecule has 0 saturated carbocycles. The molecule has 1 amide bonds. The molecule has 0 bridgehead atoms. The molecule has 3 N–H and O–H groups in total. The first-order chi connectivity index (χ1) is 16.4. The number of carbonyl (C=O) groups excluding carboxylic acids is 1. The van der Waals surface area contributed by atoms with E-state index in [-0.39, 0.29) is 11.9 Å². The summed E-state index contributed by atoms with van der Waals surface area (Å²) in [6.07, 6.45) is 5.59. The second-order valence-corrected chi connectivity index (χ2v) is 9.60. The number of nitrogen functional groups attached to an aromatic ring is 1. The summed E-state index contributed by atoms with van der Waals surface area (Å²) in [5, 5.41) is 12.0. The van der Waals surface area contributed by atoms with Gasteiger partial charge in [-0.15, -0.1) is 0 Å². The lowest BCUT2D eigenvalue weighted by atomic mass is 10.0. The monoisotopic (exact) mass is 475 g/mol. The van der Waals surface area contributed by atoms with Gasteiger partial charge < -0.3 is 16.0 Å². The summed E-state index contributed by atoms with van der Waals surface area (Å²) in [4.78, 5) is 18.0. The minimum atomic E-state index is -0.872. The summed E-state index contributed by atoms with van der Waals surface area (Å²) in [5.74, 6) is 0.479. The van der Waals surface area contributed by atoms with Gasteiger partial charge in [0.05, 0.1) is 22.9 Å². The van der Waals surface area contributed by atoms with Crippen LogP contribution < -0.4 is 11.1 Å². The van der Waals surface area contributed by atoms with Crippen molar-refractivity contribution < 1.29 is 9.00 Å². The van der Waals surface area contributed by atoms with Crippen molar-refractivity contribution in [1.82, 2.24) is 15.2 Å². The van der Waals surface area contributed by atoms with Crippen LogP contribution >= 0.6 is 0 Å². The number of amides is 1. The largest absolute Gasteiger partial charge is 0.397 e. The number of hydrogen-bond donors (Lipinski definition) is 2. The van der Waals surface area contributed by atoms with Gasteiger partial charge in [-0.1, -0.05) is 42.5 Å². The molecule has 1 unspecified atom stereocenters. The van der Waals surface area contributed by atoms with Crippen molar-refractivity contribution in [2.24, 2.45) is 0 Å². The number of nitrogens with two attached hydrogens (primary N) is 1. The Balaban J connectivity index is 0.000000196. The van der Waals surface area contributed by atoms with Crippen LogP contribution in [0.25, 0.3) is 0 Å². The molecule has 8 heteroatoms. The van der Waals surface area contributed by atoms with Gasteiger partial charge in [0.25, 0.3) is 5.91 Å². The van der Waals surface area contributed by atoms with Crippen LogP contribution in [0, 0.1) is 11.3 Å². The number of pyridine rings is 1. The van der Waals surface area contributed by atoms with E-state index in [2.05, 4.69) is 28.5 Å². The zero-order chi connectivity index (χ0) is 24.3. The highest BCUT2D eigenvalue weighted by molar-refractivity contribution is 7.84. The first-order valence-corrected chi connectivity index (χ1v) is 12.7. The van der Waals surface area contributed by atoms with E-state index in [4.69, 9.17) is 11.0 Å². The number of aromatic nitrogens is 1. The number of rotatable bonds is 5. The number of nitriles is 1. The van der Waals surface area contributed by atoms with Crippen LogP contribution in [0.5, 0.6) is 0 Å². The second kappa shape index (κ2) is 12.6. The van der Waals surface area contributed by atoms with Crippen LogP contribution in [0.15, 0.2) is 73.1 Å². The Hall–Kier alpha value is -3.54. The molecular formula is C26H29N5O2S. The molecule has 0 spiro atoms. The van der Waals surface area contributed by atoms with Crippen LogP contribution in [0.3, 0.4) is 0 Å². The van der Waals surface area contributed by atoms with Crippen molar-refractivity contribution in [1.29, 1.82) is 5.26 Å². The molecule has 4 rings (SSSR count). The first-order valence-electron chi connectivity index (χ1n) is 11.0. The van der Waals surface area contributed by atoms with Gasteiger partial charge in [0.1, 0.15) is 0 Å². The minimum absolute atomic E-state index is 0.0758. The molecule has 1 fully saturated rings. The van der Waals surface area contributed by atoms with Gasteiger partial charge in [-0.2, -0.15) is 5.26 Å². The Morgan fingerprint density at radius 3 is 2.65 bits per heavy atom. The summed E-state index contributed by atoms with van der Waals surface area (Å²) >= 11 is 0. The molecule has 1 aromatic heterocycles. The number of carbonyl (C=O) groups is 1. The molecule has 2 atom stereocenters. The summed E-state index contributed by atoms with van der Waals surface area (Å²) in [5.41, 5.74) is 9.79. The summed E-state index contributed by atoms with van der Waals surface area (Å²) in [7, 11) is -0.872. The highest BCUT2D eigenvalue weighted by Gasteiger charge is 2.24. The van der Waals surface area contributed by atoms with E-state index in [1.807, 2.05) is 42.5 Å². The molecule has 176 valence electrons. The predicted molar refractivity (Wildman–Crippen MR) is 136 cm³/mol. The molecule has 0 radical (unpaired) electrons. The molecular weight excluding hydrogens is 446 g/mol. The molecule has 1 aliphatic rings. The average molecular weight is 476 g/mol. The number of anilines is 1. The second-order valence-electron chi connectivity index (χ2n) is 8.12. The van der Waals surface area contributed by atoms with Crippen LogP contribution in [0.1, 0.15) is 27.0 Å². The molecule has 1 saturated heterocycles. The van der Waals surface area contributed by atoms with Crippen molar-refractivity contribution in [2.45, 2.75) is 12.5 Å². The number of nitrogens with zero attached hydrogens (tertiary/aromatic N) is 3. The van der Waals surface area contributed by atoms with E-state index in [0.717, 1.165) is 12.0 Å². The lowest BCUT2D eigenvalue weighted by Crippen LogP contribution is -2.54. The number of piperazine rings is 1. The van der Waals surface area contributed by atoms with E-state index in [1.165, 1.54) is 23.5 Å². The van der Waals surface area contributed by atoms with Crippen molar-refractivity contribution >= 4 is 22.4 Å². The van der Waals surface area contributed by atoms with Crippen LogP contribution in [-0.4, -0.2) is 57.7 Å². The lowest BCUT2D eigenvalue weighted by Gasteiger charge is -2.33. The zero-order valence-electron chi connectivity index (χ0n) is 19.2. The lowest BCUT2D eigenvalue weighted by molar-refractivity contribution is 0.0710. The predicted octanol–water partition coefficient (Wildman–Crippen LogP) is 2.61. The van der Waals surface area contributed by atoms with Crippen LogP contribution in [0.2, 0.25) is 0 Å². The topological polar surface area (TPSA) is 112 Å². The smallest absolute Gasteiger partial charge is 0.255 e. The summed E-state index contributed by atoms with van der Waals surface area (Å²) in [6, 6.07) is 21.9. The molecule has 7 nitrogen and oxygen atoms in total. The van der Waals surface area contributed by atoms with Gasteiger partial charge in [-0.3, -0.25) is 14.0 Å². The molecule has 3 aromatic rings. The van der Waals surface area contributed by atoms with E-state index in [1.54, 1.807) is 17.2 Å². The molecule has 1 aliphatic heterocycles. The van der Waals surface area contributed by atoms with Gasteiger partial charge in [0, 0.05) is 60.9 Å². The Labute approximate surface area is 203 Å². The van der Waals surface area contributed by atoms with Crippen molar-refractivity contribution in [3.8, 4) is 6.07 Å². The fourth-order valence-electron chi connectivity index (χ4n) is 3.74. The maximum absolute atomic E-state index is 12.3. The third-order valence-electron chi connectivity index (χ3n) is 5.29. The normalized spacial score (nSPS) is 16.0. The van der Waals surface area contributed by atoms with Crippen molar-refractivity contribution in [2.75, 3.05) is 37.4 Å². The standard InChI is InChI=1S/C14H11N.C12H18N4O2S/c15-11-14-8-4-7-13(10-14)9-12-5-2-1-3-6-12;1-19(18)8-11-7-16(3-2-15-11)12(17)9-4-10(13)6-14-5-9/h1-8,10H,9H2;4-6,11,15H,2-3,7-8,13H2,1H3/t;11?,19-/m.1/s1. The van der Waals surface area contributed by atoms with E-state index in [0.29, 0.717) is 36.6 Å². The first kappa shape index (κ1) is 25.1. The fourth-order valence-corrected chi connectivity index (χ4v) is 4.53. The maximum atomic E-state index is 12.3. The van der Waals surface area contributed by atoms with Crippen LogP contribution in [0.4, 0.5) is 5.69 Å². The Morgan fingerprint density at radius 1 is 1.18 bits per heavy atom. The van der Waals surface area contributed by atoms with Gasteiger partial charge in [0.2, 0.25) is 0 Å². The Morgan fingerprint density at radius 2 is 1.94 bits per heavy atom. The van der Waals surface area contributed by atoms with Gasteiger partial charge in [-0.05, 0) is 35.7 Å². The van der Waals surface area contributed by atoms with E-state index in [9.17, 15) is 9.00 Å². The Kier molecular flexibility index (Phi) is 9.32. The molecule has 34 heavy (non-hydrogen) atoms. The van der Waals surface area contributed by atoms with Gasteiger partial charge >= 0.3 is 0 Å². The molecule has 2 aromatic carbocycles. The van der Waals surface area contributed by atoms with Crippen molar-refractivity contribution in [3.05, 3.63) is 95.3 Å². The summed E-state index contributed by atoms with van der Waals surface area (Å²) in [6.45, 7) is 1.91. The van der Waals surface area contributed by atoms with Gasteiger partial charge in [-0.25, -0.2) is 0 Å². The van der Waals surface area contributed by atoms with Crippen LogP contribution in [-0.2, 0) is 17.2 Å².